The summed E-state index contributed by atoms with van der Waals surface area (Å²) in [6, 6.07) is 6.51. The molecule has 1 aromatic rings. The maximum absolute atomic E-state index is 13.7. The number of hydrogen-bond acceptors (Lipinski definition) is 2. The van der Waals surface area contributed by atoms with Crippen LogP contribution < -0.4 is 5.32 Å². The van der Waals surface area contributed by atoms with Gasteiger partial charge in [-0.2, -0.15) is 0 Å². The fourth-order valence-electron chi connectivity index (χ4n) is 4.07. The summed E-state index contributed by atoms with van der Waals surface area (Å²) in [5.41, 5.74) is 1.73. The summed E-state index contributed by atoms with van der Waals surface area (Å²) in [7, 11) is 0. The van der Waals surface area contributed by atoms with E-state index in [4.69, 9.17) is 0 Å². The smallest absolute Gasteiger partial charge is 0.128 e. The first-order chi connectivity index (χ1) is 10.1. The Morgan fingerprint density at radius 2 is 1.86 bits per heavy atom. The van der Waals surface area contributed by atoms with E-state index < -0.39 is 0 Å². The maximum Gasteiger partial charge on any atom is 0.128 e. The zero-order valence-electron chi connectivity index (χ0n) is 13.4. The number of rotatable bonds is 3. The standard InChI is InChI=1S/C18H27FN2/c1-12(2)21-10-14-6-4-7-15(11-21)18(14)20-17-9-5-8-16(19)13(17)3/h5,8-9,12,14-15,18,20H,4,6-7,10-11H2,1-3H3. The minimum Gasteiger partial charge on any atom is -0.381 e. The molecule has 3 rings (SSSR count). The van der Waals surface area contributed by atoms with Gasteiger partial charge < -0.3 is 10.2 Å². The predicted molar refractivity (Wildman–Crippen MR) is 86.1 cm³/mol. The third kappa shape index (κ3) is 2.94. The zero-order chi connectivity index (χ0) is 15.0. The molecule has 21 heavy (non-hydrogen) atoms. The summed E-state index contributed by atoms with van der Waals surface area (Å²) in [5, 5.41) is 3.68. The van der Waals surface area contributed by atoms with Gasteiger partial charge in [0.25, 0.3) is 0 Å². The Balaban J connectivity index is 1.78. The van der Waals surface area contributed by atoms with Crippen LogP contribution in [0.25, 0.3) is 0 Å². The molecule has 1 saturated carbocycles. The lowest BCUT2D eigenvalue weighted by molar-refractivity contribution is 0.0518. The predicted octanol–water partition coefficient (Wildman–Crippen LogP) is 4.05. The Labute approximate surface area is 127 Å². The number of benzene rings is 1. The molecule has 1 heterocycles. The first kappa shape index (κ1) is 14.8. The number of piperidine rings is 1. The quantitative estimate of drug-likeness (QED) is 0.903. The van der Waals surface area contributed by atoms with Crippen LogP contribution in [0, 0.1) is 24.6 Å². The SMILES string of the molecule is Cc1c(F)cccc1NC1C2CCCC1CN(C(C)C)C2. The van der Waals surface area contributed by atoms with E-state index in [1.807, 2.05) is 19.1 Å². The van der Waals surface area contributed by atoms with Crippen molar-refractivity contribution in [2.45, 2.75) is 52.1 Å². The number of hydrogen-bond donors (Lipinski definition) is 1. The average Bonchev–Trinajstić information content (AvgIpc) is 2.43. The normalized spacial score (nSPS) is 29.7. The summed E-state index contributed by atoms with van der Waals surface area (Å²) in [4.78, 5) is 2.62. The highest BCUT2D eigenvalue weighted by molar-refractivity contribution is 5.52. The Morgan fingerprint density at radius 3 is 2.48 bits per heavy atom. The van der Waals surface area contributed by atoms with Crippen LogP contribution in [0.5, 0.6) is 0 Å². The fraction of sp³-hybridized carbons (Fsp3) is 0.667. The Kier molecular flexibility index (Phi) is 4.21. The number of nitrogens with one attached hydrogen (secondary N) is 1. The second-order valence-electron chi connectivity index (χ2n) is 7.08. The van der Waals surface area contributed by atoms with Gasteiger partial charge in [-0.05, 0) is 57.6 Å². The molecule has 116 valence electrons. The molecule has 1 aliphatic heterocycles. The lowest BCUT2D eigenvalue weighted by atomic mass is 9.73. The molecule has 1 aliphatic carbocycles. The van der Waals surface area contributed by atoms with Crippen LogP contribution in [0.15, 0.2) is 18.2 Å². The molecule has 0 amide bonds. The third-order valence-electron chi connectivity index (χ3n) is 5.42. The van der Waals surface area contributed by atoms with Crippen molar-refractivity contribution in [3.8, 4) is 0 Å². The van der Waals surface area contributed by atoms with Crippen molar-refractivity contribution < 1.29 is 4.39 Å². The van der Waals surface area contributed by atoms with Gasteiger partial charge in [0.2, 0.25) is 0 Å². The van der Waals surface area contributed by atoms with Crippen LogP contribution in [0.2, 0.25) is 0 Å². The van der Waals surface area contributed by atoms with Crippen LogP contribution >= 0.6 is 0 Å². The Morgan fingerprint density at radius 1 is 1.19 bits per heavy atom. The third-order valence-corrected chi connectivity index (χ3v) is 5.42. The molecule has 0 radical (unpaired) electrons. The van der Waals surface area contributed by atoms with Gasteiger partial charge in [-0.3, -0.25) is 0 Å². The van der Waals surface area contributed by atoms with Crippen LogP contribution in [0.4, 0.5) is 10.1 Å². The first-order valence-corrected chi connectivity index (χ1v) is 8.32. The summed E-state index contributed by atoms with van der Waals surface area (Å²) in [5.74, 6) is 1.29. The molecule has 0 aromatic heterocycles. The van der Waals surface area contributed by atoms with Crippen molar-refractivity contribution in [3.05, 3.63) is 29.6 Å². The average molecular weight is 290 g/mol. The van der Waals surface area contributed by atoms with Gasteiger partial charge in [0.05, 0.1) is 0 Å². The van der Waals surface area contributed by atoms with Gasteiger partial charge >= 0.3 is 0 Å². The highest BCUT2D eigenvalue weighted by Crippen LogP contribution is 2.37. The van der Waals surface area contributed by atoms with Gasteiger partial charge in [0, 0.05) is 36.4 Å². The summed E-state index contributed by atoms with van der Waals surface area (Å²) in [6.07, 6.45) is 3.94. The minimum atomic E-state index is -0.107. The van der Waals surface area contributed by atoms with Crippen molar-refractivity contribution in [1.82, 2.24) is 4.90 Å². The van der Waals surface area contributed by atoms with E-state index in [0.717, 1.165) is 11.3 Å². The van der Waals surface area contributed by atoms with Gasteiger partial charge in [-0.15, -0.1) is 0 Å². The van der Waals surface area contributed by atoms with E-state index in [2.05, 4.69) is 24.1 Å². The van der Waals surface area contributed by atoms with Crippen molar-refractivity contribution in [3.63, 3.8) is 0 Å². The second kappa shape index (κ2) is 5.96. The van der Waals surface area contributed by atoms with Gasteiger partial charge in [-0.25, -0.2) is 4.39 Å². The molecule has 1 N–H and O–H groups in total. The molecule has 2 nitrogen and oxygen atoms in total. The van der Waals surface area contributed by atoms with E-state index in [0.29, 0.717) is 23.9 Å². The number of nitrogens with zero attached hydrogens (tertiary/aromatic N) is 1. The molecule has 2 unspecified atom stereocenters. The summed E-state index contributed by atoms with van der Waals surface area (Å²) >= 11 is 0. The zero-order valence-corrected chi connectivity index (χ0v) is 13.4. The molecular formula is C18H27FN2. The van der Waals surface area contributed by atoms with Gasteiger partial charge in [0.1, 0.15) is 5.82 Å². The van der Waals surface area contributed by atoms with Crippen molar-refractivity contribution in [1.29, 1.82) is 0 Å². The summed E-state index contributed by atoms with van der Waals surface area (Å²) in [6.45, 7) is 8.82. The highest BCUT2D eigenvalue weighted by atomic mass is 19.1. The van der Waals surface area contributed by atoms with Crippen molar-refractivity contribution in [2.24, 2.45) is 11.8 Å². The lowest BCUT2D eigenvalue weighted by Gasteiger charge is -2.49. The molecule has 1 aromatic carbocycles. The van der Waals surface area contributed by atoms with E-state index in [1.54, 1.807) is 6.07 Å². The lowest BCUT2D eigenvalue weighted by Crippen LogP contribution is -2.56. The largest absolute Gasteiger partial charge is 0.381 e. The maximum atomic E-state index is 13.7. The molecule has 2 aliphatic rings. The topological polar surface area (TPSA) is 15.3 Å². The summed E-state index contributed by atoms with van der Waals surface area (Å²) < 4.78 is 13.7. The molecule has 2 atom stereocenters. The van der Waals surface area contributed by atoms with Crippen LogP contribution in [0.1, 0.15) is 38.7 Å². The number of fused-ring (bicyclic) bond motifs is 2. The first-order valence-electron chi connectivity index (χ1n) is 8.32. The fourth-order valence-corrected chi connectivity index (χ4v) is 4.07. The monoisotopic (exact) mass is 290 g/mol. The van der Waals surface area contributed by atoms with Crippen molar-refractivity contribution in [2.75, 3.05) is 18.4 Å². The van der Waals surface area contributed by atoms with E-state index >= 15 is 0 Å². The minimum absolute atomic E-state index is 0.107. The Bertz CT molecular complexity index is 486. The van der Waals surface area contributed by atoms with Crippen LogP contribution in [-0.2, 0) is 0 Å². The van der Waals surface area contributed by atoms with Gasteiger partial charge in [0.15, 0.2) is 0 Å². The van der Waals surface area contributed by atoms with Gasteiger partial charge in [-0.1, -0.05) is 12.5 Å². The number of halogens is 1. The van der Waals surface area contributed by atoms with E-state index in [-0.39, 0.29) is 5.82 Å². The molecule has 3 heteroatoms. The van der Waals surface area contributed by atoms with Crippen molar-refractivity contribution >= 4 is 5.69 Å². The van der Waals surface area contributed by atoms with Crippen LogP contribution in [-0.4, -0.2) is 30.1 Å². The number of likely N-dealkylation sites (tertiary alicyclic amines) is 1. The molecule has 2 fully saturated rings. The van der Waals surface area contributed by atoms with E-state index in [9.17, 15) is 4.39 Å². The number of anilines is 1. The second-order valence-corrected chi connectivity index (χ2v) is 7.08. The molecule has 0 spiro atoms. The molecular weight excluding hydrogens is 263 g/mol. The molecule has 2 bridgehead atoms. The Hall–Kier alpha value is -1.09. The van der Waals surface area contributed by atoms with Crippen LogP contribution in [0.3, 0.4) is 0 Å². The highest BCUT2D eigenvalue weighted by Gasteiger charge is 2.40. The van der Waals surface area contributed by atoms with E-state index in [1.165, 1.54) is 32.4 Å². The molecule has 1 saturated heterocycles.